The van der Waals surface area contributed by atoms with Gasteiger partial charge in [0.15, 0.2) is 0 Å². The van der Waals surface area contributed by atoms with Gasteiger partial charge in [-0.05, 0) is 31.1 Å². The third-order valence-corrected chi connectivity index (χ3v) is 4.14. The van der Waals surface area contributed by atoms with Crippen molar-refractivity contribution in [3.63, 3.8) is 0 Å². The molecule has 0 radical (unpaired) electrons. The minimum atomic E-state index is -0.917. The third-order valence-electron chi connectivity index (χ3n) is 4.14. The van der Waals surface area contributed by atoms with Crippen LogP contribution in [0.15, 0.2) is 0 Å². The van der Waals surface area contributed by atoms with Gasteiger partial charge >= 0.3 is 0 Å². The van der Waals surface area contributed by atoms with Gasteiger partial charge in [0.2, 0.25) is 5.91 Å². The summed E-state index contributed by atoms with van der Waals surface area (Å²) in [6.07, 6.45) is -0.693. The minimum absolute atomic E-state index is 0.0243. The van der Waals surface area contributed by atoms with Gasteiger partial charge in [0, 0.05) is 12.0 Å². The van der Waals surface area contributed by atoms with E-state index in [1.165, 1.54) is 0 Å². The zero-order chi connectivity index (χ0) is 18.4. The van der Waals surface area contributed by atoms with Crippen molar-refractivity contribution < 1.29 is 35.3 Å². The summed E-state index contributed by atoms with van der Waals surface area (Å²) in [5.41, 5.74) is 0. The fourth-order valence-electron chi connectivity index (χ4n) is 2.94. The van der Waals surface area contributed by atoms with E-state index in [0.29, 0.717) is 5.92 Å². The van der Waals surface area contributed by atoms with Crippen LogP contribution in [0.1, 0.15) is 47.0 Å². The first-order valence-corrected chi connectivity index (χ1v) is 8.09. The lowest BCUT2D eigenvalue weighted by molar-refractivity contribution is -0.535. The molecule has 0 heterocycles. The molecule has 5 N–H and O–H groups in total. The van der Waals surface area contributed by atoms with E-state index in [1.807, 2.05) is 13.8 Å². The Morgan fingerprint density at radius 2 is 1.50 bits per heavy atom. The number of amides is 1. The number of carbonyl (C=O) groups is 1. The molecule has 10 nitrogen and oxygen atoms in total. The van der Waals surface area contributed by atoms with E-state index in [-0.39, 0.29) is 30.7 Å². The van der Waals surface area contributed by atoms with E-state index in [1.54, 1.807) is 0 Å². The number of nitrogens with zero attached hydrogens (tertiary/aromatic N) is 2. The van der Waals surface area contributed by atoms with Crippen LogP contribution < -0.4 is 5.32 Å². The summed E-state index contributed by atoms with van der Waals surface area (Å²) in [5.74, 6) is 0.00272. The Morgan fingerprint density at radius 1 is 1.04 bits per heavy atom. The van der Waals surface area contributed by atoms with Crippen molar-refractivity contribution in [1.82, 2.24) is 16.1 Å². The molecule has 1 aliphatic rings. The van der Waals surface area contributed by atoms with Crippen LogP contribution in [0.4, 0.5) is 0 Å². The first-order chi connectivity index (χ1) is 11.1. The highest BCUT2D eigenvalue weighted by Crippen LogP contribution is 2.31. The lowest BCUT2D eigenvalue weighted by Crippen LogP contribution is -2.42. The molecule has 1 saturated carbocycles. The highest BCUT2D eigenvalue weighted by atomic mass is 17.1. The van der Waals surface area contributed by atoms with Gasteiger partial charge in [0.1, 0.15) is 12.2 Å². The van der Waals surface area contributed by atoms with E-state index in [4.69, 9.17) is 30.5 Å². The van der Waals surface area contributed by atoms with Crippen LogP contribution in [0.3, 0.4) is 0 Å². The molecule has 1 amide bonds. The minimum Gasteiger partial charge on any atom is -0.353 e. The number of rotatable bonds is 9. The van der Waals surface area contributed by atoms with Crippen molar-refractivity contribution in [2.75, 3.05) is 0 Å². The Morgan fingerprint density at radius 3 is 1.83 bits per heavy atom. The SMILES string of the molecule is CC(C)C[C@@H](NC(=O)[C@H]1C[C@H](ON(O)O)[C@H](ON(O)O)C1)C(C)C. The number of hydrogen-bond acceptors (Lipinski definition) is 9. The molecule has 0 saturated heterocycles. The second kappa shape index (κ2) is 9.59. The van der Waals surface area contributed by atoms with Crippen molar-refractivity contribution in [1.29, 1.82) is 0 Å². The van der Waals surface area contributed by atoms with Crippen molar-refractivity contribution in [3.8, 4) is 0 Å². The van der Waals surface area contributed by atoms with Crippen molar-refractivity contribution in [2.45, 2.75) is 65.2 Å². The van der Waals surface area contributed by atoms with Crippen LogP contribution in [0.25, 0.3) is 0 Å². The summed E-state index contributed by atoms with van der Waals surface area (Å²) >= 11 is 0. The van der Waals surface area contributed by atoms with Gasteiger partial charge in [-0.25, -0.2) is 9.68 Å². The highest BCUT2D eigenvalue weighted by molar-refractivity contribution is 5.79. The Labute approximate surface area is 141 Å². The van der Waals surface area contributed by atoms with E-state index < -0.39 is 28.9 Å². The molecule has 24 heavy (non-hydrogen) atoms. The van der Waals surface area contributed by atoms with Gasteiger partial charge in [0.25, 0.3) is 0 Å². The fraction of sp³-hybridized carbons (Fsp3) is 0.929. The lowest BCUT2D eigenvalue weighted by Gasteiger charge is -2.25. The molecule has 4 atom stereocenters. The first kappa shape index (κ1) is 21.2. The summed E-state index contributed by atoms with van der Waals surface area (Å²) in [4.78, 5) is 21.9. The molecule has 0 unspecified atom stereocenters. The maximum atomic E-state index is 12.5. The van der Waals surface area contributed by atoms with Crippen LogP contribution in [0.5, 0.6) is 0 Å². The number of hydrogen-bond donors (Lipinski definition) is 5. The number of nitrogens with one attached hydrogen (secondary N) is 1. The monoisotopic (exact) mass is 351 g/mol. The molecular weight excluding hydrogens is 322 g/mol. The average Bonchev–Trinajstić information content (AvgIpc) is 2.78. The Balaban J connectivity index is 2.69. The normalized spacial score (nSPS) is 25.9. The summed E-state index contributed by atoms with van der Waals surface area (Å²) < 4.78 is 0. The zero-order valence-corrected chi connectivity index (χ0v) is 14.5. The second-order valence-electron chi connectivity index (χ2n) is 6.95. The van der Waals surface area contributed by atoms with Crippen LogP contribution in [0, 0.1) is 17.8 Å². The Bertz CT molecular complexity index is 375. The highest BCUT2D eigenvalue weighted by Gasteiger charge is 2.42. The lowest BCUT2D eigenvalue weighted by atomic mass is 9.93. The molecule has 0 spiro atoms. The topological polar surface area (TPSA) is 135 Å². The van der Waals surface area contributed by atoms with Crippen LogP contribution in [-0.4, -0.2) is 55.8 Å². The third kappa shape index (κ3) is 6.95. The summed E-state index contributed by atoms with van der Waals surface area (Å²) in [6, 6.07) is 0.0243. The fourth-order valence-corrected chi connectivity index (χ4v) is 2.94. The van der Waals surface area contributed by atoms with E-state index in [2.05, 4.69) is 19.2 Å². The first-order valence-electron chi connectivity index (χ1n) is 8.09. The van der Waals surface area contributed by atoms with Crippen LogP contribution in [-0.2, 0) is 14.5 Å². The molecule has 0 bridgehead atoms. The molecule has 1 fully saturated rings. The molecule has 0 aromatic heterocycles. The smallest absolute Gasteiger partial charge is 0.223 e. The van der Waals surface area contributed by atoms with Gasteiger partial charge in [-0.1, -0.05) is 27.7 Å². The maximum Gasteiger partial charge on any atom is 0.223 e. The summed E-state index contributed by atoms with van der Waals surface area (Å²) in [7, 11) is 0. The van der Waals surface area contributed by atoms with Crippen LogP contribution >= 0.6 is 0 Å². The average molecular weight is 351 g/mol. The van der Waals surface area contributed by atoms with Gasteiger partial charge in [0.05, 0.1) is 10.8 Å². The molecule has 0 aliphatic heterocycles. The van der Waals surface area contributed by atoms with Crippen molar-refractivity contribution in [3.05, 3.63) is 0 Å². The second-order valence-corrected chi connectivity index (χ2v) is 6.95. The predicted molar refractivity (Wildman–Crippen MR) is 79.5 cm³/mol. The van der Waals surface area contributed by atoms with Crippen molar-refractivity contribution >= 4 is 5.91 Å². The molecule has 142 valence electrons. The van der Waals surface area contributed by atoms with Gasteiger partial charge in [-0.2, -0.15) is 0 Å². The Hall–Kier alpha value is -0.850. The van der Waals surface area contributed by atoms with E-state index in [0.717, 1.165) is 6.42 Å². The molecular formula is C14H29N3O7. The predicted octanol–water partition coefficient (Wildman–Crippen LogP) is 1.34. The molecule has 1 aliphatic carbocycles. The summed E-state index contributed by atoms with van der Waals surface area (Å²) in [5, 5.41) is 37.2. The molecule has 0 aromatic carbocycles. The van der Waals surface area contributed by atoms with Crippen molar-refractivity contribution in [2.24, 2.45) is 17.8 Å². The molecule has 0 aromatic rings. The largest absolute Gasteiger partial charge is 0.353 e. The molecule has 10 heteroatoms. The number of carbonyl (C=O) groups excluding carboxylic acids is 1. The molecule has 1 rings (SSSR count). The maximum absolute atomic E-state index is 12.5. The van der Waals surface area contributed by atoms with E-state index >= 15 is 0 Å². The van der Waals surface area contributed by atoms with Gasteiger partial charge in [-0.15, -0.1) is 0 Å². The summed E-state index contributed by atoms with van der Waals surface area (Å²) in [6.45, 7) is 8.23. The zero-order valence-electron chi connectivity index (χ0n) is 14.5. The standard InChI is InChI=1S/C14H29N3O7/c1-8(2)5-11(9(3)4)15-14(18)10-6-12(23-16(19)20)13(7-10)24-17(21)22/h8-13,19-22H,5-7H2,1-4H3,(H,15,18)/t10-,11-,12-,13+/m1/s1. The quantitative estimate of drug-likeness (QED) is 0.390. The van der Waals surface area contributed by atoms with Gasteiger partial charge < -0.3 is 5.32 Å². The van der Waals surface area contributed by atoms with Gasteiger partial charge in [-0.3, -0.25) is 25.6 Å². The van der Waals surface area contributed by atoms with E-state index in [9.17, 15) is 4.79 Å². The van der Waals surface area contributed by atoms with Crippen LogP contribution in [0.2, 0.25) is 0 Å². The Kier molecular flexibility index (Phi) is 8.46.